The molecule has 4 rings (SSSR count). The Morgan fingerprint density at radius 3 is 2.61 bits per heavy atom. The molecule has 3 aromatic rings. The van der Waals surface area contributed by atoms with Crippen LogP contribution in [-0.2, 0) is 31.7 Å². The Hall–Kier alpha value is -3.13. The van der Waals surface area contributed by atoms with Crippen molar-refractivity contribution in [2.45, 2.75) is 43.4 Å². The highest BCUT2D eigenvalue weighted by Gasteiger charge is 2.23. The molecule has 0 unspecified atom stereocenters. The zero-order chi connectivity index (χ0) is 23.4. The molecular formula is C25H29N3O4S. The summed E-state index contributed by atoms with van der Waals surface area (Å²) in [5, 5.41) is 3.50. The summed E-state index contributed by atoms with van der Waals surface area (Å²) in [6.07, 6.45) is 3.78. The number of benzene rings is 2. The first-order chi connectivity index (χ1) is 15.8. The molecular weight excluding hydrogens is 438 g/mol. The Kier molecular flexibility index (Phi) is 6.83. The van der Waals surface area contributed by atoms with E-state index < -0.39 is 9.84 Å². The molecule has 0 bridgehead atoms. The van der Waals surface area contributed by atoms with Gasteiger partial charge in [-0.1, -0.05) is 42.5 Å². The van der Waals surface area contributed by atoms with Crippen molar-refractivity contribution >= 4 is 32.6 Å². The number of carbonyl (C=O) groups excluding carboxylic acids is 2. The maximum atomic E-state index is 13.3. The van der Waals surface area contributed by atoms with E-state index in [0.29, 0.717) is 36.8 Å². The van der Waals surface area contributed by atoms with Gasteiger partial charge in [0.15, 0.2) is 9.84 Å². The predicted octanol–water partition coefficient (Wildman–Crippen LogP) is 3.05. The Balaban J connectivity index is 1.46. The van der Waals surface area contributed by atoms with Gasteiger partial charge < -0.3 is 14.8 Å². The molecule has 33 heavy (non-hydrogen) atoms. The SMILES string of the molecule is Cc1ccccc1CS(=O)(=O)c1cn(CC(=O)NCCCN2CCCC2=O)c2ccccc12. The molecule has 0 radical (unpaired) electrons. The maximum Gasteiger partial charge on any atom is 0.239 e. The molecule has 2 aromatic carbocycles. The van der Waals surface area contributed by atoms with Gasteiger partial charge in [0.25, 0.3) is 0 Å². The third kappa shape index (κ3) is 5.27. The summed E-state index contributed by atoms with van der Waals surface area (Å²) >= 11 is 0. The molecule has 2 heterocycles. The van der Waals surface area contributed by atoms with E-state index in [1.165, 1.54) is 0 Å². The van der Waals surface area contributed by atoms with E-state index in [1.807, 2.05) is 48.2 Å². The first-order valence-electron chi connectivity index (χ1n) is 11.2. The molecule has 1 saturated heterocycles. The molecule has 0 atom stereocenters. The fraction of sp³-hybridized carbons (Fsp3) is 0.360. The second-order valence-electron chi connectivity index (χ2n) is 8.51. The lowest BCUT2D eigenvalue weighted by atomic mass is 10.1. The van der Waals surface area contributed by atoms with Crippen LogP contribution < -0.4 is 5.32 Å². The third-order valence-corrected chi connectivity index (χ3v) is 7.79. The summed E-state index contributed by atoms with van der Waals surface area (Å²) in [6.45, 7) is 3.84. The van der Waals surface area contributed by atoms with Gasteiger partial charge in [-0.15, -0.1) is 0 Å². The number of rotatable bonds is 9. The lowest BCUT2D eigenvalue weighted by Crippen LogP contribution is -2.32. The van der Waals surface area contributed by atoms with Gasteiger partial charge in [0.2, 0.25) is 11.8 Å². The minimum atomic E-state index is -3.60. The molecule has 0 saturated carbocycles. The number of aryl methyl sites for hydroxylation is 1. The highest BCUT2D eigenvalue weighted by atomic mass is 32.2. The van der Waals surface area contributed by atoms with Crippen molar-refractivity contribution in [3.8, 4) is 0 Å². The Bertz CT molecular complexity index is 1280. The number of sulfone groups is 1. The second-order valence-corrected chi connectivity index (χ2v) is 10.5. The van der Waals surface area contributed by atoms with Crippen molar-refractivity contribution in [2.75, 3.05) is 19.6 Å². The Morgan fingerprint density at radius 2 is 1.85 bits per heavy atom. The van der Waals surface area contributed by atoms with Gasteiger partial charge in [-0.2, -0.15) is 0 Å². The molecule has 1 fully saturated rings. The highest BCUT2D eigenvalue weighted by Crippen LogP contribution is 2.28. The largest absolute Gasteiger partial charge is 0.354 e. The van der Waals surface area contributed by atoms with Crippen molar-refractivity contribution < 1.29 is 18.0 Å². The highest BCUT2D eigenvalue weighted by molar-refractivity contribution is 7.90. The smallest absolute Gasteiger partial charge is 0.239 e. The lowest BCUT2D eigenvalue weighted by molar-refractivity contribution is -0.127. The number of likely N-dealkylation sites (tertiary alicyclic amines) is 1. The van der Waals surface area contributed by atoms with E-state index in [1.54, 1.807) is 22.9 Å². The quantitative estimate of drug-likeness (QED) is 0.490. The predicted molar refractivity (Wildman–Crippen MR) is 127 cm³/mol. The molecule has 7 nitrogen and oxygen atoms in total. The first kappa shape index (κ1) is 23.0. The number of carbonyl (C=O) groups is 2. The van der Waals surface area contributed by atoms with Crippen LogP contribution in [0.15, 0.2) is 59.6 Å². The number of aromatic nitrogens is 1. The Morgan fingerprint density at radius 1 is 1.09 bits per heavy atom. The zero-order valence-corrected chi connectivity index (χ0v) is 19.6. The number of nitrogens with zero attached hydrogens (tertiary/aromatic N) is 2. The van der Waals surface area contributed by atoms with Crippen molar-refractivity contribution in [1.29, 1.82) is 0 Å². The summed E-state index contributed by atoms with van der Waals surface area (Å²) in [7, 11) is -3.60. The molecule has 174 valence electrons. The number of hydrogen-bond donors (Lipinski definition) is 1. The van der Waals surface area contributed by atoms with Gasteiger partial charge in [0.05, 0.1) is 10.6 Å². The lowest BCUT2D eigenvalue weighted by Gasteiger charge is -2.15. The number of hydrogen-bond acceptors (Lipinski definition) is 4. The summed E-state index contributed by atoms with van der Waals surface area (Å²) in [4.78, 5) is 26.3. The molecule has 2 amide bonds. The van der Waals surface area contributed by atoms with Crippen LogP contribution in [0.5, 0.6) is 0 Å². The number of nitrogens with one attached hydrogen (secondary N) is 1. The van der Waals surface area contributed by atoms with Gasteiger partial charge in [-0.05, 0) is 37.0 Å². The average molecular weight is 468 g/mol. The fourth-order valence-electron chi connectivity index (χ4n) is 4.30. The van der Waals surface area contributed by atoms with E-state index in [0.717, 1.165) is 24.1 Å². The van der Waals surface area contributed by atoms with Crippen LogP contribution in [0, 0.1) is 6.92 Å². The summed E-state index contributed by atoms with van der Waals surface area (Å²) in [6, 6.07) is 14.7. The van der Waals surface area contributed by atoms with Crippen LogP contribution >= 0.6 is 0 Å². The van der Waals surface area contributed by atoms with Gasteiger partial charge in [0, 0.05) is 43.2 Å². The number of fused-ring (bicyclic) bond motifs is 1. The van der Waals surface area contributed by atoms with Crippen molar-refractivity contribution in [2.24, 2.45) is 0 Å². The maximum absolute atomic E-state index is 13.3. The molecule has 1 aliphatic rings. The molecule has 0 spiro atoms. The van der Waals surface area contributed by atoms with E-state index in [9.17, 15) is 18.0 Å². The van der Waals surface area contributed by atoms with Gasteiger partial charge in [0.1, 0.15) is 6.54 Å². The van der Waals surface area contributed by atoms with Crippen LogP contribution in [-0.4, -0.2) is 49.3 Å². The van der Waals surface area contributed by atoms with E-state index >= 15 is 0 Å². The molecule has 1 N–H and O–H groups in total. The standard InChI is InChI=1S/C25H29N3O4S/c1-19-8-2-3-9-20(19)18-33(31,32)23-16-28(22-11-5-4-10-21(22)23)17-24(29)26-13-7-15-27-14-6-12-25(27)30/h2-5,8-11,16H,6-7,12-15,17-18H2,1H3,(H,26,29). The average Bonchev–Trinajstić information content (AvgIpc) is 3.37. The van der Waals surface area contributed by atoms with Crippen LogP contribution in [0.2, 0.25) is 0 Å². The monoisotopic (exact) mass is 467 g/mol. The van der Waals surface area contributed by atoms with Crippen LogP contribution in [0.3, 0.4) is 0 Å². The van der Waals surface area contributed by atoms with Crippen molar-refractivity contribution in [1.82, 2.24) is 14.8 Å². The van der Waals surface area contributed by atoms with E-state index in [2.05, 4.69) is 5.32 Å². The minimum absolute atomic E-state index is 0.0308. The van der Waals surface area contributed by atoms with Gasteiger partial charge >= 0.3 is 0 Å². The fourth-order valence-corrected chi connectivity index (χ4v) is 5.98. The molecule has 0 aliphatic carbocycles. The zero-order valence-electron chi connectivity index (χ0n) is 18.8. The van der Waals surface area contributed by atoms with Crippen molar-refractivity contribution in [3.05, 3.63) is 65.9 Å². The van der Waals surface area contributed by atoms with Gasteiger partial charge in [-0.25, -0.2) is 8.42 Å². The summed E-state index contributed by atoms with van der Waals surface area (Å²) in [5.74, 6) is -0.0966. The second kappa shape index (κ2) is 9.79. The molecule has 1 aromatic heterocycles. The van der Waals surface area contributed by atoms with Crippen LogP contribution in [0.25, 0.3) is 10.9 Å². The summed E-state index contributed by atoms with van der Waals surface area (Å²) < 4.78 is 28.3. The Labute approximate surface area is 194 Å². The normalized spacial score (nSPS) is 14.2. The summed E-state index contributed by atoms with van der Waals surface area (Å²) in [5.41, 5.74) is 2.40. The first-order valence-corrected chi connectivity index (χ1v) is 12.9. The number of amides is 2. The third-order valence-electron chi connectivity index (χ3n) is 6.11. The minimum Gasteiger partial charge on any atom is -0.354 e. The van der Waals surface area contributed by atoms with Gasteiger partial charge in [-0.3, -0.25) is 9.59 Å². The van der Waals surface area contributed by atoms with E-state index in [4.69, 9.17) is 0 Å². The number of para-hydroxylation sites is 1. The topological polar surface area (TPSA) is 88.5 Å². The van der Waals surface area contributed by atoms with Crippen LogP contribution in [0.4, 0.5) is 0 Å². The van der Waals surface area contributed by atoms with Crippen molar-refractivity contribution in [3.63, 3.8) is 0 Å². The van der Waals surface area contributed by atoms with Crippen LogP contribution in [0.1, 0.15) is 30.4 Å². The molecule has 1 aliphatic heterocycles. The molecule has 8 heteroatoms. The van der Waals surface area contributed by atoms with E-state index in [-0.39, 0.29) is 29.0 Å².